The SMILES string of the molecule is Cc1cccc(C(=O)NC(C)c2c(F)cccc2F)c1Br. The van der Waals surface area contributed by atoms with Gasteiger partial charge in [-0.2, -0.15) is 0 Å². The van der Waals surface area contributed by atoms with E-state index < -0.39 is 17.7 Å². The second-order valence-corrected chi connectivity index (χ2v) is 5.56. The molecule has 110 valence electrons. The number of benzene rings is 2. The highest BCUT2D eigenvalue weighted by Gasteiger charge is 2.19. The van der Waals surface area contributed by atoms with Gasteiger partial charge in [0.25, 0.3) is 5.91 Å². The Labute approximate surface area is 130 Å². The fourth-order valence-corrected chi connectivity index (χ4v) is 2.54. The molecule has 0 saturated heterocycles. The van der Waals surface area contributed by atoms with E-state index in [0.29, 0.717) is 10.0 Å². The van der Waals surface area contributed by atoms with Gasteiger partial charge in [-0.3, -0.25) is 4.79 Å². The Morgan fingerprint density at radius 2 is 1.71 bits per heavy atom. The first-order chi connectivity index (χ1) is 9.91. The summed E-state index contributed by atoms with van der Waals surface area (Å²) in [6.45, 7) is 3.41. The number of carbonyl (C=O) groups excluding carboxylic acids is 1. The fourth-order valence-electron chi connectivity index (χ4n) is 2.09. The molecule has 0 bridgehead atoms. The van der Waals surface area contributed by atoms with Crippen LogP contribution in [0.25, 0.3) is 0 Å². The Morgan fingerprint density at radius 3 is 2.33 bits per heavy atom. The molecule has 0 fully saturated rings. The summed E-state index contributed by atoms with van der Waals surface area (Å²) >= 11 is 3.35. The maximum absolute atomic E-state index is 13.7. The van der Waals surface area contributed by atoms with Crippen molar-refractivity contribution in [1.82, 2.24) is 5.32 Å². The van der Waals surface area contributed by atoms with Crippen molar-refractivity contribution in [3.05, 3.63) is 69.2 Å². The second-order valence-electron chi connectivity index (χ2n) is 4.77. The summed E-state index contributed by atoms with van der Waals surface area (Å²) in [6, 6.07) is 8.12. The van der Waals surface area contributed by atoms with Gasteiger partial charge in [0.05, 0.1) is 11.6 Å². The number of aryl methyl sites for hydroxylation is 1. The zero-order chi connectivity index (χ0) is 15.6. The van der Waals surface area contributed by atoms with Crippen molar-refractivity contribution in [1.29, 1.82) is 0 Å². The predicted molar refractivity (Wildman–Crippen MR) is 81.1 cm³/mol. The van der Waals surface area contributed by atoms with E-state index in [1.165, 1.54) is 18.2 Å². The first-order valence-electron chi connectivity index (χ1n) is 6.41. The Balaban J connectivity index is 2.25. The minimum absolute atomic E-state index is 0.144. The normalized spacial score (nSPS) is 12.0. The summed E-state index contributed by atoms with van der Waals surface area (Å²) < 4.78 is 28.1. The van der Waals surface area contributed by atoms with E-state index in [2.05, 4.69) is 21.2 Å². The monoisotopic (exact) mass is 353 g/mol. The summed E-state index contributed by atoms with van der Waals surface area (Å²) in [7, 11) is 0. The largest absolute Gasteiger partial charge is 0.345 e. The van der Waals surface area contributed by atoms with E-state index in [-0.39, 0.29) is 11.5 Å². The molecule has 2 aromatic rings. The molecule has 5 heteroatoms. The van der Waals surface area contributed by atoms with Crippen LogP contribution in [-0.4, -0.2) is 5.91 Å². The van der Waals surface area contributed by atoms with Crippen molar-refractivity contribution >= 4 is 21.8 Å². The Kier molecular flexibility index (Phi) is 4.73. The molecule has 1 N–H and O–H groups in total. The highest BCUT2D eigenvalue weighted by Crippen LogP contribution is 2.24. The number of amides is 1. The van der Waals surface area contributed by atoms with E-state index in [1.54, 1.807) is 19.1 Å². The minimum Gasteiger partial charge on any atom is -0.345 e. The molecule has 0 radical (unpaired) electrons. The third-order valence-electron chi connectivity index (χ3n) is 3.22. The number of nitrogens with one attached hydrogen (secondary N) is 1. The molecule has 1 unspecified atom stereocenters. The summed E-state index contributed by atoms with van der Waals surface area (Å²) in [5, 5.41) is 2.61. The van der Waals surface area contributed by atoms with Crippen molar-refractivity contribution in [2.75, 3.05) is 0 Å². The first kappa shape index (κ1) is 15.6. The van der Waals surface area contributed by atoms with E-state index >= 15 is 0 Å². The molecule has 2 rings (SSSR count). The zero-order valence-electron chi connectivity index (χ0n) is 11.6. The number of hydrogen-bond donors (Lipinski definition) is 1. The maximum Gasteiger partial charge on any atom is 0.252 e. The average Bonchev–Trinajstić information content (AvgIpc) is 2.41. The van der Waals surface area contributed by atoms with Crippen LogP contribution in [0, 0.1) is 18.6 Å². The molecule has 21 heavy (non-hydrogen) atoms. The van der Waals surface area contributed by atoms with Crippen LogP contribution in [-0.2, 0) is 0 Å². The van der Waals surface area contributed by atoms with Gasteiger partial charge in [0.15, 0.2) is 0 Å². The molecule has 0 aliphatic carbocycles. The molecular formula is C16H14BrF2NO. The van der Waals surface area contributed by atoms with Crippen molar-refractivity contribution in [2.24, 2.45) is 0 Å². The third kappa shape index (κ3) is 3.29. The van der Waals surface area contributed by atoms with Crippen LogP contribution in [0.1, 0.15) is 34.5 Å². The molecule has 1 amide bonds. The van der Waals surface area contributed by atoms with Gasteiger partial charge in [0.1, 0.15) is 11.6 Å². The third-order valence-corrected chi connectivity index (χ3v) is 4.27. The van der Waals surface area contributed by atoms with Crippen molar-refractivity contribution in [3.8, 4) is 0 Å². The Bertz CT molecular complexity index is 668. The van der Waals surface area contributed by atoms with Gasteiger partial charge in [0, 0.05) is 10.0 Å². The quantitative estimate of drug-likeness (QED) is 0.862. The van der Waals surface area contributed by atoms with Crippen molar-refractivity contribution < 1.29 is 13.6 Å². The van der Waals surface area contributed by atoms with E-state index in [9.17, 15) is 13.6 Å². The van der Waals surface area contributed by atoms with Gasteiger partial charge in [-0.05, 0) is 53.5 Å². The van der Waals surface area contributed by atoms with E-state index in [0.717, 1.165) is 5.56 Å². The molecule has 0 aliphatic rings. The lowest BCUT2D eigenvalue weighted by Gasteiger charge is -2.16. The maximum atomic E-state index is 13.7. The Hall–Kier alpha value is -1.75. The highest BCUT2D eigenvalue weighted by atomic mass is 79.9. The van der Waals surface area contributed by atoms with Gasteiger partial charge in [0.2, 0.25) is 0 Å². The van der Waals surface area contributed by atoms with Crippen LogP contribution < -0.4 is 5.32 Å². The molecular weight excluding hydrogens is 340 g/mol. The second kappa shape index (κ2) is 6.35. The molecule has 0 saturated carbocycles. The highest BCUT2D eigenvalue weighted by molar-refractivity contribution is 9.10. The first-order valence-corrected chi connectivity index (χ1v) is 7.21. The van der Waals surface area contributed by atoms with Crippen molar-refractivity contribution in [2.45, 2.75) is 19.9 Å². The lowest BCUT2D eigenvalue weighted by Crippen LogP contribution is -2.28. The van der Waals surface area contributed by atoms with Crippen LogP contribution in [0.2, 0.25) is 0 Å². The fraction of sp³-hybridized carbons (Fsp3) is 0.188. The summed E-state index contributed by atoms with van der Waals surface area (Å²) in [6.07, 6.45) is 0. The number of halogens is 3. The Morgan fingerprint density at radius 1 is 1.14 bits per heavy atom. The lowest BCUT2D eigenvalue weighted by atomic mass is 10.1. The molecule has 2 aromatic carbocycles. The standard InChI is InChI=1S/C16H14BrF2NO/c1-9-5-3-6-11(15(9)17)16(21)20-10(2)14-12(18)7-4-8-13(14)19/h3-8,10H,1-2H3,(H,20,21). The summed E-state index contributed by atoms with van der Waals surface area (Å²) in [5.41, 5.74) is 1.19. The molecule has 1 atom stereocenters. The van der Waals surface area contributed by atoms with Gasteiger partial charge < -0.3 is 5.32 Å². The zero-order valence-corrected chi connectivity index (χ0v) is 13.2. The van der Waals surface area contributed by atoms with Gasteiger partial charge in [-0.1, -0.05) is 18.2 Å². The number of carbonyl (C=O) groups is 1. The van der Waals surface area contributed by atoms with E-state index in [4.69, 9.17) is 0 Å². The van der Waals surface area contributed by atoms with Crippen molar-refractivity contribution in [3.63, 3.8) is 0 Å². The number of rotatable bonds is 3. The molecule has 2 nitrogen and oxygen atoms in total. The summed E-state index contributed by atoms with van der Waals surface area (Å²) in [5.74, 6) is -1.74. The molecule has 0 spiro atoms. The molecule has 0 heterocycles. The summed E-state index contributed by atoms with van der Waals surface area (Å²) in [4.78, 5) is 12.2. The lowest BCUT2D eigenvalue weighted by molar-refractivity contribution is 0.0938. The van der Waals surface area contributed by atoms with Crippen LogP contribution in [0.15, 0.2) is 40.9 Å². The van der Waals surface area contributed by atoms with Crippen LogP contribution in [0.3, 0.4) is 0 Å². The number of hydrogen-bond acceptors (Lipinski definition) is 1. The smallest absolute Gasteiger partial charge is 0.252 e. The van der Waals surface area contributed by atoms with Gasteiger partial charge in [-0.15, -0.1) is 0 Å². The van der Waals surface area contributed by atoms with Crippen LogP contribution in [0.4, 0.5) is 8.78 Å². The van der Waals surface area contributed by atoms with E-state index in [1.807, 2.05) is 13.0 Å². The predicted octanol–water partition coefficient (Wildman–Crippen LogP) is 4.53. The van der Waals surface area contributed by atoms with Gasteiger partial charge in [-0.25, -0.2) is 8.78 Å². The minimum atomic E-state index is -0.772. The molecule has 0 aliphatic heterocycles. The molecule has 0 aromatic heterocycles. The van der Waals surface area contributed by atoms with Crippen LogP contribution in [0.5, 0.6) is 0 Å². The van der Waals surface area contributed by atoms with Gasteiger partial charge >= 0.3 is 0 Å². The average molecular weight is 354 g/mol. The van der Waals surface area contributed by atoms with Crippen LogP contribution >= 0.6 is 15.9 Å². The topological polar surface area (TPSA) is 29.1 Å².